The Morgan fingerprint density at radius 1 is 1.16 bits per heavy atom. The molecule has 3 amide bonds. The highest BCUT2D eigenvalue weighted by Crippen LogP contribution is 2.13. The van der Waals surface area contributed by atoms with Crippen LogP contribution in [0.5, 0.6) is 0 Å². The lowest BCUT2D eigenvalue weighted by molar-refractivity contribution is -0.136. The fourth-order valence-electron chi connectivity index (χ4n) is 2.76. The van der Waals surface area contributed by atoms with Crippen molar-refractivity contribution in [2.45, 2.75) is 25.4 Å². The van der Waals surface area contributed by atoms with Crippen molar-refractivity contribution in [1.29, 1.82) is 0 Å². The molecule has 3 rings (SSSR count). The van der Waals surface area contributed by atoms with Crippen LogP contribution in [-0.4, -0.2) is 40.4 Å². The molecule has 0 radical (unpaired) electrons. The third kappa shape index (κ3) is 3.85. The molecule has 0 saturated heterocycles. The van der Waals surface area contributed by atoms with Gasteiger partial charge in [-0.25, -0.2) is 4.98 Å². The average Bonchev–Trinajstić information content (AvgIpc) is 3.09. The van der Waals surface area contributed by atoms with Gasteiger partial charge in [0.05, 0.1) is 0 Å². The molecule has 130 valence electrons. The second-order valence-electron chi connectivity index (χ2n) is 5.81. The van der Waals surface area contributed by atoms with E-state index < -0.39 is 11.8 Å². The minimum atomic E-state index is -0.735. The zero-order chi connectivity index (χ0) is 17.8. The van der Waals surface area contributed by atoms with Crippen LogP contribution in [-0.2, 0) is 22.6 Å². The van der Waals surface area contributed by atoms with Crippen LogP contribution in [0.3, 0.4) is 0 Å². The highest BCUT2D eigenvalue weighted by atomic mass is 16.2. The molecular formula is C17H19N5O3. The maximum atomic E-state index is 12.1. The van der Waals surface area contributed by atoms with Crippen LogP contribution in [0.2, 0.25) is 0 Å². The Morgan fingerprint density at radius 2 is 1.92 bits per heavy atom. The Morgan fingerprint density at radius 3 is 2.64 bits per heavy atom. The van der Waals surface area contributed by atoms with Crippen LogP contribution in [0, 0.1) is 0 Å². The Bertz CT molecular complexity index is 797. The summed E-state index contributed by atoms with van der Waals surface area (Å²) in [6.07, 6.45) is 4.99. The molecule has 1 atom stereocenters. The van der Waals surface area contributed by atoms with Gasteiger partial charge in [-0.3, -0.25) is 14.4 Å². The summed E-state index contributed by atoms with van der Waals surface area (Å²) < 4.78 is 2.04. The van der Waals surface area contributed by atoms with Gasteiger partial charge < -0.3 is 20.5 Å². The summed E-state index contributed by atoms with van der Waals surface area (Å²) >= 11 is 0. The van der Waals surface area contributed by atoms with E-state index in [-0.39, 0.29) is 11.9 Å². The second-order valence-corrected chi connectivity index (χ2v) is 5.81. The first-order chi connectivity index (χ1) is 12.1. The number of nitrogens with zero attached hydrogens (tertiary/aromatic N) is 2. The summed E-state index contributed by atoms with van der Waals surface area (Å²) in [6, 6.07) is 6.20. The number of carbonyl (C=O) groups is 3. The van der Waals surface area contributed by atoms with E-state index in [1.807, 2.05) is 10.8 Å². The molecule has 0 fully saturated rings. The minimum absolute atomic E-state index is 0.108. The average molecular weight is 341 g/mol. The van der Waals surface area contributed by atoms with E-state index in [0.717, 1.165) is 18.8 Å². The molecule has 8 heteroatoms. The Balaban J connectivity index is 1.54. The van der Waals surface area contributed by atoms with Crippen molar-refractivity contribution in [2.75, 3.05) is 12.4 Å². The quantitative estimate of drug-likeness (QED) is 0.699. The molecule has 1 aliphatic heterocycles. The monoisotopic (exact) mass is 341 g/mol. The van der Waals surface area contributed by atoms with E-state index >= 15 is 0 Å². The molecule has 0 saturated carbocycles. The smallest absolute Gasteiger partial charge is 0.313 e. The lowest BCUT2D eigenvalue weighted by Gasteiger charge is -2.24. The number of hydrogen-bond donors (Lipinski definition) is 3. The van der Waals surface area contributed by atoms with Crippen molar-refractivity contribution in [3.63, 3.8) is 0 Å². The van der Waals surface area contributed by atoms with Crippen LogP contribution in [0.4, 0.5) is 5.69 Å². The molecule has 1 unspecified atom stereocenters. The first kappa shape index (κ1) is 16.7. The first-order valence-corrected chi connectivity index (χ1v) is 8.01. The van der Waals surface area contributed by atoms with Gasteiger partial charge in [0, 0.05) is 49.7 Å². The van der Waals surface area contributed by atoms with Gasteiger partial charge in [0.2, 0.25) is 0 Å². The van der Waals surface area contributed by atoms with Gasteiger partial charge >= 0.3 is 11.8 Å². The Hall–Kier alpha value is -3.16. The third-order valence-electron chi connectivity index (χ3n) is 4.12. The summed E-state index contributed by atoms with van der Waals surface area (Å²) in [7, 11) is 1.54. The molecule has 0 aliphatic carbocycles. The van der Waals surface area contributed by atoms with Crippen LogP contribution in [0.1, 0.15) is 22.6 Å². The molecule has 1 aromatic carbocycles. The minimum Gasteiger partial charge on any atom is -0.355 e. The molecule has 2 heterocycles. The van der Waals surface area contributed by atoms with E-state index in [4.69, 9.17) is 0 Å². The van der Waals surface area contributed by atoms with Gasteiger partial charge in [0.15, 0.2) is 0 Å². The van der Waals surface area contributed by atoms with Crippen molar-refractivity contribution >= 4 is 23.4 Å². The summed E-state index contributed by atoms with van der Waals surface area (Å²) in [4.78, 5) is 39.8. The molecule has 8 nitrogen and oxygen atoms in total. The molecule has 1 aliphatic rings. The number of rotatable bonds is 3. The SMILES string of the molecule is CNC(=O)c1ccc(NC(=O)C(=O)NC2CCn3ccnc3C2)cc1. The zero-order valence-electron chi connectivity index (χ0n) is 13.8. The lowest BCUT2D eigenvalue weighted by Crippen LogP contribution is -2.45. The van der Waals surface area contributed by atoms with Crippen LogP contribution in [0.15, 0.2) is 36.7 Å². The predicted octanol–water partition coefficient (Wildman–Crippen LogP) is 0.312. The highest BCUT2D eigenvalue weighted by Gasteiger charge is 2.23. The summed E-state index contributed by atoms with van der Waals surface area (Å²) in [5.74, 6) is -0.727. The number of aryl methyl sites for hydroxylation is 1. The van der Waals surface area contributed by atoms with Crippen molar-refractivity contribution in [2.24, 2.45) is 0 Å². The van der Waals surface area contributed by atoms with Gasteiger partial charge in [-0.2, -0.15) is 0 Å². The Kier molecular flexibility index (Phi) is 4.78. The van der Waals surface area contributed by atoms with Gasteiger partial charge in [0.25, 0.3) is 5.91 Å². The lowest BCUT2D eigenvalue weighted by atomic mass is 10.1. The molecule has 1 aromatic heterocycles. The normalized spacial score (nSPS) is 15.8. The maximum absolute atomic E-state index is 12.1. The first-order valence-electron chi connectivity index (χ1n) is 8.01. The zero-order valence-corrected chi connectivity index (χ0v) is 13.8. The van der Waals surface area contributed by atoms with Crippen LogP contribution >= 0.6 is 0 Å². The van der Waals surface area contributed by atoms with Gasteiger partial charge in [0.1, 0.15) is 5.82 Å². The van der Waals surface area contributed by atoms with Crippen molar-refractivity contribution < 1.29 is 14.4 Å². The number of amides is 3. The number of fused-ring (bicyclic) bond motifs is 1. The van der Waals surface area contributed by atoms with Gasteiger partial charge in [-0.05, 0) is 30.7 Å². The highest BCUT2D eigenvalue weighted by molar-refractivity contribution is 6.39. The molecule has 2 aromatic rings. The molecular weight excluding hydrogens is 322 g/mol. The summed E-state index contributed by atoms with van der Waals surface area (Å²) in [6.45, 7) is 0.767. The van der Waals surface area contributed by atoms with E-state index in [2.05, 4.69) is 20.9 Å². The van der Waals surface area contributed by atoms with Gasteiger partial charge in [-0.15, -0.1) is 0 Å². The number of nitrogens with one attached hydrogen (secondary N) is 3. The topological polar surface area (TPSA) is 105 Å². The molecule has 3 N–H and O–H groups in total. The number of anilines is 1. The molecule has 0 spiro atoms. The summed E-state index contributed by atoms with van der Waals surface area (Å²) in [5.41, 5.74) is 0.926. The number of imidazole rings is 1. The van der Waals surface area contributed by atoms with E-state index in [1.54, 1.807) is 37.5 Å². The largest absolute Gasteiger partial charge is 0.355 e. The Labute approximate surface area is 144 Å². The van der Waals surface area contributed by atoms with Crippen molar-refractivity contribution in [3.8, 4) is 0 Å². The number of hydrogen-bond acceptors (Lipinski definition) is 4. The molecule has 25 heavy (non-hydrogen) atoms. The van der Waals surface area contributed by atoms with E-state index in [0.29, 0.717) is 17.7 Å². The van der Waals surface area contributed by atoms with Crippen molar-refractivity contribution in [1.82, 2.24) is 20.2 Å². The van der Waals surface area contributed by atoms with Crippen LogP contribution in [0.25, 0.3) is 0 Å². The predicted molar refractivity (Wildman–Crippen MR) is 90.9 cm³/mol. The summed E-state index contributed by atoms with van der Waals surface area (Å²) in [5, 5.41) is 7.78. The van der Waals surface area contributed by atoms with Crippen molar-refractivity contribution in [3.05, 3.63) is 48.0 Å². The van der Waals surface area contributed by atoms with Crippen LogP contribution < -0.4 is 16.0 Å². The fraction of sp³-hybridized carbons (Fsp3) is 0.294. The third-order valence-corrected chi connectivity index (χ3v) is 4.12. The molecule has 0 bridgehead atoms. The maximum Gasteiger partial charge on any atom is 0.313 e. The second kappa shape index (κ2) is 7.16. The van der Waals surface area contributed by atoms with E-state index in [1.165, 1.54) is 0 Å². The van der Waals surface area contributed by atoms with E-state index in [9.17, 15) is 14.4 Å². The standard InChI is InChI=1S/C17H19N5O3/c1-18-15(23)11-2-4-12(5-3-11)20-16(24)17(25)21-13-6-8-22-9-7-19-14(22)10-13/h2-5,7,9,13H,6,8,10H2,1H3,(H,18,23)(H,20,24)(H,21,25). The fourth-order valence-corrected chi connectivity index (χ4v) is 2.76. The number of benzene rings is 1. The number of carbonyl (C=O) groups excluding carboxylic acids is 3. The number of aromatic nitrogens is 2. The van der Waals surface area contributed by atoms with Gasteiger partial charge in [-0.1, -0.05) is 0 Å².